The summed E-state index contributed by atoms with van der Waals surface area (Å²) in [5.74, 6) is 0.830. The molecule has 0 N–H and O–H groups in total. The number of carbonyl (C=O) groups excluding carboxylic acids is 1. The molecule has 3 nitrogen and oxygen atoms in total. The van der Waals surface area contributed by atoms with E-state index in [1.54, 1.807) is 0 Å². The van der Waals surface area contributed by atoms with Crippen LogP contribution in [-0.2, 0) is 19.7 Å². The second-order valence-corrected chi connectivity index (χ2v) is 6.55. The van der Waals surface area contributed by atoms with E-state index in [2.05, 4.69) is 36.1 Å². The van der Waals surface area contributed by atoms with Crippen LogP contribution in [-0.4, -0.2) is 17.7 Å². The van der Waals surface area contributed by atoms with Crippen LogP contribution in [0.2, 0.25) is 0 Å². The SMILES string of the molecule is CCN(Cc1ccccc1)Cc1cc(C=O)ccc1OCc1ccccc1. The summed E-state index contributed by atoms with van der Waals surface area (Å²) in [4.78, 5) is 13.6. The lowest BCUT2D eigenvalue weighted by atomic mass is 10.1. The number of rotatable bonds is 9. The normalized spacial score (nSPS) is 10.7. The van der Waals surface area contributed by atoms with Crippen molar-refractivity contribution in [2.45, 2.75) is 26.6 Å². The molecule has 0 atom stereocenters. The molecule has 0 aliphatic rings. The molecule has 0 unspecified atom stereocenters. The molecule has 0 aliphatic carbocycles. The van der Waals surface area contributed by atoms with Crippen LogP contribution in [0.5, 0.6) is 5.75 Å². The lowest BCUT2D eigenvalue weighted by Crippen LogP contribution is -2.22. The average molecular weight is 359 g/mol. The smallest absolute Gasteiger partial charge is 0.150 e. The van der Waals surface area contributed by atoms with E-state index in [0.29, 0.717) is 12.2 Å². The highest BCUT2D eigenvalue weighted by Gasteiger charge is 2.11. The largest absolute Gasteiger partial charge is 0.489 e. The Balaban J connectivity index is 1.76. The quantitative estimate of drug-likeness (QED) is 0.498. The summed E-state index contributed by atoms with van der Waals surface area (Å²) in [5.41, 5.74) is 4.11. The molecule has 0 fully saturated rings. The Kier molecular flexibility index (Phi) is 6.78. The van der Waals surface area contributed by atoms with Gasteiger partial charge in [0.15, 0.2) is 0 Å². The predicted molar refractivity (Wildman–Crippen MR) is 109 cm³/mol. The van der Waals surface area contributed by atoms with Gasteiger partial charge in [0.1, 0.15) is 18.6 Å². The van der Waals surface area contributed by atoms with Crippen LogP contribution in [0.25, 0.3) is 0 Å². The fraction of sp³-hybridized carbons (Fsp3) is 0.208. The van der Waals surface area contributed by atoms with E-state index in [4.69, 9.17) is 4.74 Å². The van der Waals surface area contributed by atoms with Crippen LogP contribution >= 0.6 is 0 Å². The van der Waals surface area contributed by atoms with E-state index in [-0.39, 0.29) is 0 Å². The minimum absolute atomic E-state index is 0.513. The number of aldehydes is 1. The molecule has 0 spiro atoms. The van der Waals surface area contributed by atoms with E-state index < -0.39 is 0 Å². The Morgan fingerprint density at radius 3 is 2.15 bits per heavy atom. The molecule has 0 radical (unpaired) electrons. The van der Waals surface area contributed by atoms with Crippen LogP contribution in [0, 0.1) is 0 Å². The van der Waals surface area contributed by atoms with Gasteiger partial charge in [0, 0.05) is 24.2 Å². The van der Waals surface area contributed by atoms with E-state index in [1.165, 1.54) is 5.56 Å². The molecular formula is C24H25NO2. The van der Waals surface area contributed by atoms with Crippen LogP contribution < -0.4 is 4.74 Å². The van der Waals surface area contributed by atoms with Crippen LogP contribution in [0.4, 0.5) is 0 Å². The van der Waals surface area contributed by atoms with Crippen LogP contribution in [0.1, 0.15) is 34.0 Å². The zero-order valence-electron chi connectivity index (χ0n) is 15.7. The molecule has 0 aromatic heterocycles. The Labute approximate surface area is 161 Å². The van der Waals surface area contributed by atoms with Crippen molar-refractivity contribution in [1.29, 1.82) is 0 Å². The molecule has 0 aliphatic heterocycles. The van der Waals surface area contributed by atoms with Gasteiger partial charge in [0.05, 0.1) is 0 Å². The maximum atomic E-state index is 11.2. The highest BCUT2D eigenvalue weighted by molar-refractivity contribution is 5.75. The number of ether oxygens (including phenoxy) is 1. The molecule has 3 rings (SSSR count). The van der Waals surface area contributed by atoms with E-state index >= 15 is 0 Å². The third-order valence-electron chi connectivity index (χ3n) is 4.55. The van der Waals surface area contributed by atoms with Crippen molar-refractivity contribution < 1.29 is 9.53 Å². The molecule has 0 saturated carbocycles. The summed E-state index contributed by atoms with van der Waals surface area (Å²) < 4.78 is 6.08. The van der Waals surface area contributed by atoms with Crippen molar-refractivity contribution in [3.63, 3.8) is 0 Å². The Morgan fingerprint density at radius 2 is 1.52 bits per heavy atom. The van der Waals surface area contributed by atoms with Gasteiger partial charge in [0.2, 0.25) is 0 Å². The van der Waals surface area contributed by atoms with Crippen molar-refractivity contribution in [1.82, 2.24) is 4.90 Å². The Bertz CT molecular complexity index is 847. The third kappa shape index (κ3) is 5.53. The number of hydrogen-bond donors (Lipinski definition) is 0. The van der Waals surface area contributed by atoms with Gasteiger partial charge in [-0.15, -0.1) is 0 Å². The number of nitrogens with zero attached hydrogens (tertiary/aromatic N) is 1. The highest BCUT2D eigenvalue weighted by atomic mass is 16.5. The fourth-order valence-electron chi connectivity index (χ4n) is 3.03. The van der Waals surface area contributed by atoms with Gasteiger partial charge < -0.3 is 4.74 Å². The van der Waals surface area contributed by atoms with Crippen LogP contribution in [0.15, 0.2) is 78.9 Å². The number of carbonyl (C=O) groups is 1. The highest BCUT2D eigenvalue weighted by Crippen LogP contribution is 2.23. The molecule has 3 aromatic rings. The first kappa shape index (κ1) is 18.9. The number of benzene rings is 3. The van der Waals surface area contributed by atoms with Crippen molar-refractivity contribution in [3.8, 4) is 5.75 Å². The molecule has 3 heteroatoms. The first-order valence-corrected chi connectivity index (χ1v) is 9.29. The van der Waals surface area contributed by atoms with Gasteiger partial charge in [-0.05, 0) is 35.9 Å². The van der Waals surface area contributed by atoms with Crippen LogP contribution in [0.3, 0.4) is 0 Å². The number of hydrogen-bond acceptors (Lipinski definition) is 3. The summed E-state index contributed by atoms with van der Waals surface area (Å²) in [6, 6.07) is 26.2. The van der Waals surface area contributed by atoms with Gasteiger partial charge in [-0.25, -0.2) is 0 Å². The summed E-state index contributed by atoms with van der Waals surface area (Å²) >= 11 is 0. The molecular weight excluding hydrogens is 334 g/mol. The van der Waals surface area contributed by atoms with Gasteiger partial charge in [-0.2, -0.15) is 0 Å². The van der Waals surface area contributed by atoms with Crippen molar-refractivity contribution in [2.24, 2.45) is 0 Å². The second-order valence-electron chi connectivity index (χ2n) is 6.55. The molecule has 27 heavy (non-hydrogen) atoms. The Morgan fingerprint density at radius 1 is 0.852 bits per heavy atom. The lowest BCUT2D eigenvalue weighted by Gasteiger charge is -2.22. The van der Waals surface area contributed by atoms with Gasteiger partial charge in [-0.3, -0.25) is 9.69 Å². The second kappa shape index (κ2) is 9.70. The maximum Gasteiger partial charge on any atom is 0.150 e. The zero-order valence-corrected chi connectivity index (χ0v) is 15.7. The van der Waals surface area contributed by atoms with E-state index in [1.807, 2.05) is 54.6 Å². The van der Waals surface area contributed by atoms with Gasteiger partial charge in [0.25, 0.3) is 0 Å². The summed E-state index contributed by atoms with van der Waals surface area (Å²) in [5, 5.41) is 0. The standard InChI is InChI=1S/C24H25NO2/c1-2-25(16-20-9-5-3-6-10-20)17-23-15-22(18-26)13-14-24(23)27-19-21-11-7-4-8-12-21/h3-15,18H,2,16-17,19H2,1H3. The maximum absolute atomic E-state index is 11.2. The summed E-state index contributed by atoms with van der Waals surface area (Å²) in [6.45, 7) is 5.17. The molecule has 0 bridgehead atoms. The van der Waals surface area contributed by atoms with Crippen molar-refractivity contribution in [2.75, 3.05) is 6.54 Å². The molecule has 0 saturated heterocycles. The molecule has 0 amide bonds. The molecule has 0 heterocycles. The third-order valence-corrected chi connectivity index (χ3v) is 4.55. The minimum atomic E-state index is 0.513. The van der Waals surface area contributed by atoms with Gasteiger partial charge in [-0.1, -0.05) is 67.6 Å². The summed E-state index contributed by atoms with van der Waals surface area (Å²) in [7, 11) is 0. The first-order chi connectivity index (χ1) is 13.3. The Hall–Kier alpha value is -2.91. The minimum Gasteiger partial charge on any atom is -0.489 e. The fourth-order valence-corrected chi connectivity index (χ4v) is 3.03. The average Bonchev–Trinajstić information content (AvgIpc) is 2.73. The molecule has 3 aromatic carbocycles. The van der Waals surface area contributed by atoms with Crippen molar-refractivity contribution >= 4 is 6.29 Å². The monoisotopic (exact) mass is 359 g/mol. The summed E-state index contributed by atoms with van der Waals surface area (Å²) in [6.07, 6.45) is 0.887. The van der Waals surface area contributed by atoms with Crippen molar-refractivity contribution in [3.05, 3.63) is 101 Å². The van der Waals surface area contributed by atoms with E-state index in [9.17, 15) is 4.79 Å². The zero-order chi connectivity index (χ0) is 18.9. The van der Waals surface area contributed by atoms with Gasteiger partial charge >= 0.3 is 0 Å². The van der Waals surface area contributed by atoms with E-state index in [0.717, 1.165) is 42.8 Å². The predicted octanol–water partition coefficient (Wildman–Crippen LogP) is 5.10. The molecule has 138 valence electrons. The lowest BCUT2D eigenvalue weighted by molar-refractivity contribution is 0.112. The topological polar surface area (TPSA) is 29.5 Å². The first-order valence-electron chi connectivity index (χ1n) is 9.29.